The Morgan fingerprint density at radius 1 is 1.05 bits per heavy atom. The first-order valence-electron chi connectivity index (χ1n) is 6.86. The van der Waals surface area contributed by atoms with Gasteiger partial charge in [-0.3, -0.25) is 0 Å². The van der Waals surface area contributed by atoms with Gasteiger partial charge in [0.05, 0.1) is 5.39 Å². The van der Waals surface area contributed by atoms with Crippen molar-refractivity contribution in [3.63, 3.8) is 0 Å². The van der Waals surface area contributed by atoms with Crippen LogP contribution in [-0.4, -0.2) is 16.0 Å². The minimum absolute atomic E-state index is 0.0499. The summed E-state index contributed by atoms with van der Waals surface area (Å²) < 4.78 is 42.8. The largest absolute Gasteiger partial charge is 0.383 e. The summed E-state index contributed by atoms with van der Waals surface area (Å²) in [5.41, 5.74) is 4.80. The number of nitrogens with two attached hydrogens (primary N) is 1. The van der Waals surface area contributed by atoms with Crippen LogP contribution in [0.15, 0.2) is 0 Å². The van der Waals surface area contributed by atoms with E-state index in [0.29, 0.717) is 0 Å². The fourth-order valence-corrected chi connectivity index (χ4v) is 2.80. The van der Waals surface area contributed by atoms with E-state index in [1.165, 1.54) is 6.92 Å². The summed E-state index contributed by atoms with van der Waals surface area (Å²) >= 11 is 0. The smallest absolute Gasteiger partial charge is 0.185 e. The van der Waals surface area contributed by atoms with Gasteiger partial charge in [0.1, 0.15) is 22.8 Å². The Morgan fingerprint density at radius 2 is 1.71 bits per heavy atom. The molecule has 2 aromatic rings. The molecule has 7 heteroatoms. The zero-order valence-corrected chi connectivity index (χ0v) is 11.5. The molecule has 1 aromatic heterocycles. The summed E-state index contributed by atoms with van der Waals surface area (Å²) in [5, 5.41) is 2.35. The van der Waals surface area contributed by atoms with E-state index in [1.807, 2.05) is 0 Å². The van der Waals surface area contributed by atoms with Crippen molar-refractivity contribution in [1.82, 2.24) is 9.97 Å². The third-order valence-corrected chi connectivity index (χ3v) is 3.81. The van der Waals surface area contributed by atoms with E-state index in [2.05, 4.69) is 15.3 Å². The lowest BCUT2D eigenvalue weighted by Gasteiger charge is -2.17. The first-order valence-corrected chi connectivity index (χ1v) is 6.86. The highest BCUT2D eigenvalue weighted by molar-refractivity contribution is 5.91. The van der Waals surface area contributed by atoms with E-state index in [0.717, 1.165) is 25.7 Å². The number of nitrogen functional groups attached to an aromatic ring is 1. The summed E-state index contributed by atoms with van der Waals surface area (Å²) in [6.07, 6.45) is 3.60. The number of aromatic nitrogens is 2. The Bertz CT molecular complexity index is 711. The molecule has 0 atom stereocenters. The molecule has 0 aliphatic heterocycles. The second kappa shape index (κ2) is 5.05. The zero-order chi connectivity index (χ0) is 15.1. The van der Waals surface area contributed by atoms with Gasteiger partial charge in [0, 0.05) is 6.04 Å². The van der Waals surface area contributed by atoms with Gasteiger partial charge in [-0.1, -0.05) is 12.8 Å². The molecule has 1 aliphatic rings. The van der Waals surface area contributed by atoms with E-state index >= 15 is 0 Å². The van der Waals surface area contributed by atoms with Crippen LogP contribution in [-0.2, 0) is 0 Å². The summed E-state index contributed by atoms with van der Waals surface area (Å²) in [5.74, 6) is -3.47. The number of benzene rings is 1. The van der Waals surface area contributed by atoms with Crippen LogP contribution in [0.25, 0.3) is 10.9 Å². The summed E-state index contributed by atoms with van der Waals surface area (Å²) in [7, 11) is 0. The molecule has 1 heterocycles. The molecular formula is C14H15F3N4. The first kappa shape index (κ1) is 13.9. The van der Waals surface area contributed by atoms with Crippen molar-refractivity contribution in [2.45, 2.75) is 38.6 Å². The van der Waals surface area contributed by atoms with Crippen molar-refractivity contribution < 1.29 is 13.2 Å². The molecule has 0 unspecified atom stereocenters. The molecule has 21 heavy (non-hydrogen) atoms. The number of nitrogens with zero attached hydrogens (tertiary/aromatic N) is 2. The third kappa shape index (κ3) is 2.26. The lowest BCUT2D eigenvalue weighted by Crippen LogP contribution is -2.18. The molecule has 1 aliphatic carbocycles. The lowest BCUT2D eigenvalue weighted by molar-refractivity contribution is 0.506. The topological polar surface area (TPSA) is 63.8 Å². The van der Waals surface area contributed by atoms with Gasteiger partial charge in [-0.25, -0.2) is 23.1 Å². The van der Waals surface area contributed by atoms with E-state index in [1.54, 1.807) is 0 Å². The van der Waals surface area contributed by atoms with Crippen molar-refractivity contribution in [1.29, 1.82) is 0 Å². The quantitative estimate of drug-likeness (QED) is 0.835. The second-order valence-corrected chi connectivity index (χ2v) is 5.32. The normalized spacial score (nSPS) is 15.8. The highest BCUT2D eigenvalue weighted by Crippen LogP contribution is 2.34. The number of hydrogen-bond donors (Lipinski definition) is 2. The van der Waals surface area contributed by atoms with Gasteiger partial charge < -0.3 is 11.1 Å². The van der Waals surface area contributed by atoms with Crippen molar-refractivity contribution >= 4 is 22.4 Å². The highest BCUT2D eigenvalue weighted by Gasteiger charge is 2.26. The predicted octanol–water partition coefficient (Wildman–Crippen LogP) is 3.29. The minimum atomic E-state index is -1.27. The maximum absolute atomic E-state index is 14.5. The van der Waals surface area contributed by atoms with Crippen LogP contribution >= 0.6 is 0 Å². The van der Waals surface area contributed by atoms with Crippen molar-refractivity contribution in [2.75, 3.05) is 11.1 Å². The first-order chi connectivity index (χ1) is 9.99. The van der Waals surface area contributed by atoms with Gasteiger partial charge in [-0.15, -0.1) is 0 Å². The SMILES string of the molecule is Cc1nc(N)c2c(F)c(F)c(NC3CCCC3)c(F)c2n1. The number of nitrogens with one attached hydrogen (secondary N) is 1. The van der Waals surface area contributed by atoms with Crippen molar-refractivity contribution in [3.05, 3.63) is 23.3 Å². The molecule has 1 aromatic carbocycles. The lowest BCUT2D eigenvalue weighted by atomic mass is 10.1. The standard InChI is InChI=1S/C14H15F3N4/c1-6-19-12-8(14(18)20-6)9(15)10(16)13(11(12)17)21-7-4-2-3-5-7/h7,21H,2-5H2,1H3,(H2,18,19,20). The molecule has 0 amide bonds. The average Bonchev–Trinajstić information content (AvgIpc) is 2.93. The van der Waals surface area contributed by atoms with Gasteiger partial charge in [0.2, 0.25) is 0 Å². The second-order valence-electron chi connectivity index (χ2n) is 5.32. The molecule has 0 bridgehead atoms. The van der Waals surface area contributed by atoms with Gasteiger partial charge >= 0.3 is 0 Å². The predicted molar refractivity (Wildman–Crippen MR) is 74.4 cm³/mol. The minimum Gasteiger partial charge on any atom is -0.383 e. The van der Waals surface area contributed by atoms with Crippen molar-refractivity contribution in [3.8, 4) is 0 Å². The molecule has 0 saturated heterocycles. The molecule has 112 valence electrons. The average molecular weight is 296 g/mol. The molecule has 4 nitrogen and oxygen atoms in total. The Kier molecular flexibility index (Phi) is 3.35. The van der Waals surface area contributed by atoms with Crippen LogP contribution in [0.2, 0.25) is 0 Å². The summed E-state index contributed by atoms with van der Waals surface area (Å²) in [6, 6.07) is -0.0499. The number of hydrogen-bond acceptors (Lipinski definition) is 4. The fourth-order valence-electron chi connectivity index (χ4n) is 2.80. The van der Waals surface area contributed by atoms with Gasteiger partial charge in [-0.05, 0) is 19.8 Å². The third-order valence-electron chi connectivity index (χ3n) is 3.81. The van der Waals surface area contributed by atoms with Crippen molar-refractivity contribution in [2.24, 2.45) is 0 Å². The van der Waals surface area contributed by atoms with Crippen LogP contribution in [0.5, 0.6) is 0 Å². The summed E-state index contributed by atoms with van der Waals surface area (Å²) in [4.78, 5) is 7.61. The number of fused-ring (bicyclic) bond motifs is 1. The Balaban J connectivity index is 2.20. The molecule has 1 fully saturated rings. The molecular weight excluding hydrogens is 281 g/mol. The number of aryl methyl sites for hydroxylation is 1. The van der Waals surface area contributed by atoms with Crippen LogP contribution in [0.4, 0.5) is 24.7 Å². The van der Waals surface area contributed by atoms with Gasteiger partial charge in [0.15, 0.2) is 17.5 Å². The van der Waals surface area contributed by atoms with E-state index in [-0.39, 0.29) is 23.2 Å². The molecule has 0 spiro atoms. The van der Waals surface area contributed by atoms with Crippen LogP contribution in [0.3, 0.4) is 0 Å². The monoisotopic (exact) mass is 296 g/mol. The number of anilines is 2. The molecule has 1 saturated carbocycles. The van der Waals surface area contributed by atoms with Gasteiger partial charge in [0.25, 0.3) is 0 Å². The molecule has 3 N–H and O–H groups in total. The maximum Gasteiger partial charge on any atom is 0.185 e. The number of halogens is 3. The zero-order valence-electron chi connectivity index (χ0n) is 11.5. The fraction of sp³-hybridized carbons (Fsp3) is 0.429. The molecule has 0 radical (unpaired) electrons. The van der Waals surface area contributed by atoms with Crippen LogP contribution in [0.1, 0.15) is 31.5 Å². The maximum atomic E-state index is 14.5. The van der Waals surface area contributed by atoms with E-state index in [9.17, 15) is 13.2 Å². The Hall–Kier alpha value is -2.05. The Labute approximate surface area is 119 Å². The summed E-state index contributed by atoms with van der Waals surface area (Å²) in [6.45, 7) is 1.51. The van der Waals surface area contributed by atoms with Crippen LogP contribution in [0, 0.1) is 24.4 Å². The Morgan fingerprint density at radius 3 is 2.38 bits per heavy atom. The highest BCUT2D eigenvalue weighted by atomic mass is 19.2. The van der Waals surface area contributed by atoms with E-state index in [4.69, 9.17) is 5.73 Å². The van der Waals surface area contributed by atoms with Crippen LogP contribution < -0.4 is 11.1 Å². The molecule has 3 rings (SSSR count). The van der Waals surface area contributed by atoms with Gasteiger partial charge in [-0.2, -0.15) is 0 Å². The van der Waals surface area contributed by atoms with E-state index < -0.39 is 28.5 Å². The number of rotatable bonds is 2.